The van der Waals surface area contributed by atoms with Crippen LogP contribution in [-0.4, -0.2) is 24.6 Å². The predicted octanol–water partition coefficient (Wildman–Crippen LogP) is 2.77. The number of carbonyl (C=O) groups excluding carboxylic acids is 1. The van der Waals surface area contributed by atoms with Crippen LogP contribution < -0.4 is 5.32 Å². The fourth-order valence-corrected chi connectivity index (χ4v) is 2.18. The number of rotatable bonds is 5. The van der Waals surface area contributed by atoms with E-state index in [1.807, 2.05) is 30.5 Å². The molecule has 1 heterocycles. The zero-order chi connectivity index (χ0) is 14.4. The molecule has 0 unspecified atom stereocenters. The fraction of sp³-hybridized carbons (Fsp3) is 0.200. The molecule has 20 heavy (non-hydrogen) atoms. The second-order valence-electron chi connectivity index (χ2n) is 4.27. The molecule has 0 amide bonds. The van der Waals surface area contributed by atoms with Crippen molar-refractivity contribution < 1.29 is 9.53 Å². The second kappa shape index (κ2) is 7.17. The molecular weight excluding hydrogens is 320 g/mol. The van der Waals surface area contributed by atoms with Gasteiger partial charge in [0.15, 0.2) is 0 Å². The van der Waals surface area contributed by atoms with Crippen molar-refractivity contribution in [2.24, 2.45) is 0 Å². The zero-order valence-electron chi connectivity index (χ0n) is 11.1. The summed E-state index contributed by atoms with van der Waals surface area (Å²) in [6.45, 7) is 0.823. The number of ether oxygens (including phenoxy) is 1. The molecule has 0 atom stereocenters. The van der Waals surface area contributed by atoms with Gasteiger partial charge in [-0.2, -0.15) is 0 Å². The number of hydrogen-bond acceptors (Lipinski definition) is 4. The molecule has 1 aromatic carbocycles. The summed E-state index contributed by atoms with van der Waals surface area (Å²) < 4.78 is 5.53. The maximum atomic E-state index is 11.0. The quantitative estimate of drug-likeness (QED) is 0.854. The molecule has 2 rings (SSSR count). The van der Waals surface area contributed by atoms with Crippen molar-refractivity contribution in [2.75, 3.05) is 13.7 Å². The molecule has 0 radical (unpaired) electrons. The predicted molar refractivity (Wildman–Crippen MR) is 81.1 cm³/mol. The summed E-state index contributed by atoms with van der Waals surface area (Å²) in [4.78, 5) is 15.2. The van der Waals surface area contributed by atoms with E-state index in [2.05, 4.69) is 37.0 Å². The third-order valence-electron chi connectivity index (χ3n) is 2.79. The Balaban J connectivity index is 2.06. The highest BCUT2D eigenvalue weighted by Gasteiger charge is 2.02. The lowest BCUT2D eigenvalue weighted by atomic mass is 10.0. The van der Waals surface area contributed by atoms with E-state index in [-0.39, 0.29) is 12.5 Å². The number of nitrogens with one attached hydrogen (secondary N) is 1. The Hall–Kier alpha value is -1.72. The molecule has 1 N–H and O–H groups in total. The molecule has 0 aliphatic carbocycles. The first kappa shape index (κ1) is 14.7. The van der Waals surface area contributed by atoms with Crippen LogP contribution in [0.3, 0.4) is 0 Å². The van der Waals surface area contributed by atoms with Crippen LogP contribution in [0.4, 0.5) is 0 Å². The van der Waals surface area contributed by atoms with Crippen LogP contribution in [0.2, 0.25) is 0 Å². The molecule has 0 fully saturated rings. The van der Waals surface area contributed by atoms with E-state index in [0.29, 0.717) is 6.54 Å². The zero-order valence-corrected chi connectivity index (χ0v) is 12.7. The first-order chi connectivity index (χ1) is 9.69. The highest BCUT2D eigenvalue weighted by atomic mass is 79.9. The molecule has 0 bridgehead atoms. The van der Waals surface area contributed by atoms with Crippen LogP contribution in [0.25, 0.3) is 11.1 Å². The lowest BCUT2D eigenvalue weighted by Gasteiger charge is -2.07. The number of carbonyl (C=O) groups is 1. The molecule has 4 nitrogen and oxygen atoms in total. The van der Waals surface area contributed by atoms with Gasteiger partial charge in [-0.3, -0.25) is 9.78 Å². The molecule has 0 spiro atoms. The number of nitrogens with zero attached hydrogens (tertiary/aromatic N) is 1. The number of methoxy groups -OCH3 is 1. The van der Waals surface area contributed by atoms with Crippen molar-refractivity contribution in [2.45, 2.75) is 6.54 Å². The third kappa shape index (κ3) is 4.15. The largest absolute Gasteiger partial charge is 0.468 e. The van der Waals surface area contributed by atoms with Crippen molar-refractivity contribution >= 4 is 21.9 Å². The van der Waals surface area contributed by atoms with E-state index in [0.717, 1.165) is 21.2 Å². The van der Waals surface area contributed by atoms with E-state index < -0.39 is 0 Å². The van der Waals surface area contributed by atoms with Gasteiger partial charge in [-0.15, -0.1) is 0 Å². The number of benzene rings is 1. The van der Waals surface area contributed by atoms with E-state index in [1.165, 1.54) is 7.11 Å². The second-order valence-corrected chi connectivity index (χ2v) is 5.19. The molecule has 104 valence electrons. The topological polar surface area (TPSA) is 51.2 Å². The van der Waals surface area contributed by atoms with E-state index in [4.69, 9.17) is 0 Å². The average Bonchev–Trinajstić information content (AvgIpc) is 2.47. The first-order valence-corrected chi connectivity index (χ1v) is 6.96. The smallest absolute Gasteiger partial charge is 0.319 e. The number of esters is 1. The van der Waals surface area contributed by atoms with Crippen molar-refractivity contribution in [3.05, 3.63) is 52.8 Å². The van der Waals surface area contributed by atoms with Gasteiger partial charge in [-0.25, -0.2) is 0 Å². The maximum absolute atomic E-state index is 11.0. The van der Waals surface area contributed by atoms with Crippen molar-refractivity contribution in [1.82, 2.24) is 10.3 Å². The first-order valence-electron chi connectivity index (χ1n) is 6.16. The van der Waals surface area contributed by atoms with Crippen molar-refractivity contribution in [1.29, 1.82) is 0 Å². The van der Waals surface area contributed by atoms with Crippen molar-refractivity contribution in [3.8, 4) is 11.1 Å². The van der Waals surface area contributed by atoms with Crippen LogP contribution in [0, 0.1) is 0 Å². The van der Waals surface area contributed by atoms with Crippen molar-refractivity contribution in [3.63, 3.8) is 0 Å². The molecule has 2 aromatic rings. The van der Waals surface area contributed by atoms with E-state index in [9.17, 15) is 4.79 Å². The highest BCUT2D eigenvalue weighted by molar-refractivity contribution is 9.10. The Bertz CT molecular complexity index is 602. The summed E-state index contributed by atoms with van der Waals surface area (Å²) >= 11 is 3.42. The Morgan fingerprint density at radius 2 is 2.15 bits per heavy atom. The average molecular weight is 335 g/mol. The van der Waals surface area contributed by atoms with Gasteiger partial charge in [0.05, 0.1) is 13.7 Å². The summed E-state index contributed by atoms with van der Waals surface area (Å²) in [5, 5.41) is 3.04. The van der Waals surface area contributed by atoms with Gasteiger partial charge in [0.1, 0.15) is 0 Å². The summed E-state index contributed by atoms with van der Waals surface area (Å²) in [7, 11) is 1.38. The molecule has 1 aromatic heterocycles. The lowest BCUT2D eigenvalue weighted by Crippen LogP contribution is -2.23. The van der Waals surface area contributed by atoms with Gasteiger partial charge in [0.2, 0.25) is 0 Å². The minimum absolute atomic E-state index is 0.208. The Morgan fingerprint density at radius 1 is 1.30 bits per heavy atom. The molecule has 5 heteroatoms. The normalized spacial score (nSPS) is 10.3. The van der Waals surface area contributed by atoms with Crippen LogP contribution >= 0.6 is 15.9 Å². The van der Waals surface area contributed by atoms with Gasteiger partial charge < -0.3 is 10.1 Å². The summed E-state index contributed by atoms with van der Waals surface area (Å²) in [5.41, 5.74) is 3.25. The molecule has 0 saturated carbocycles. The van der Waals surface area contributed by atoms with Crippen LogP contribution in [-0.2, 0) is 16.1 Å². The van der Waals surface area contributed by atoms with Crippen LogP contribution in [0.5, 0.6) is 0 Å². The molecular formula is C15H15BrN2O2. The standard InChI is InChI=1S/C15H15BrN2O2/c1-20-15(19)10-17-7-11-3-2-4-12(5-11)13-6-14(16)9-18-8-13/h2-6,8-9,17H,7,10H2,1H3. The SMILES string of the molecule is COC(=O)CNCc1cccc(-c2cncc(Br)c2)c1. The maximum Gasteiger partial charge on any atom is 0.319 e. The van der Waals surface area contributed by atoms with Gasteiger partial charge >= 0.3 is 5.97 Å². The molecule has 0 aliphatic rings. The van der Waals surface area contributed by atoms with E-state index in [1.54, 1.807) is 6.20 Å². The van der Waals surface area contributed by atoms with Crippen LogP contribution in [0.15, 0.2) is 47.2 Å². The molecule has 0 aliphatic heterocycles. The van der Waals surface area contributed by atoms with Gasteiger partial charge in [0, 0.05) is 29.0 Å². The number of hydrogen-bond donors (Lipinski definition) is 1. The van der Waals surface area contributed by atoms with Gasteiger partial charge in [-0.05, 0) is 39.2 Å². The van der Waals surface area contributed by atoms with Gasteiger partial charge in [-0.1, -0.05) is 18.2 Å². The summed E-state index contributed by atoms with van der Waals surface area (Å²) in [5.74, 6) is -0.266. The monoisotopic (exact) mass is 334 g/mol. The lowest BCUT2D eigenvalue weighted by molar-refractivity contribution is -0.139. The Labute approximate surface area is 126 Å². The van der Waals surface area contributed by atoms with E-state index >= 15 is 0 Å². The summed E-state index contributed by atoms with van der Waals surface area (Å²) in [6.07, 6.45) is 3.58. The summed E-state index contributed by atoms with van der Waals surface area (Å²) in [6, 6.07) is 10.1. The number of pyridine rings is 1. The Kier molecular flexibility index (Phi) is 5.26. The number of aromatic nitrogens is 1. The minimum atomic E-state index is -0.266. The minimum Gasteiger partial charge on any atom is -0.468 e. The van der Waals surface area contributed by atoms with Crippen LogP contribution in [0.1, 0.15) is 5.56 Å². The van der Waals surface area contributed by atoms with Gasteiger partial charge in [0.25, 0.3) is 0 Å². The highest BCUT2D eigenvalue weighted by Crippen LogP contribution is 2.22. The number of halogens is 1. The molecule has 0 saturated heterocycles. The fourth-order valence-electron chi connectivity index (χ4n) is 1.81. The Morgan fingerprint density at radius 3 is 2.90 bits per heavy atom. The third-order valence-corrected chi connectivity index (χ3v) is 3.22.